The SMILES string of the molecule is O=C(NC(Cc1c[nH]c2ccccc12)C(=O)OCc1ccc(Cl)cc1Cl)c1ccc(F)cc1. The van der Waals surface area contributed by atoms with E-state index in [0.717, 1.165) is 16.5 Å². The van der Waals surface area contributed by atoms with Gasteiger partial charge in [0.05, 0.1) is 0 Å². The van der Waals surface area contributed by atoms with E-state index >= 15 is 0 Å². The van der Waals surface area contributed by atoms with Crippen LogP contribution in [-0.4, -0.2) is 22.9 Å². The van der Waals surface area contributed by atoms with Crippen molar-refractivity contribution in [2.24, 2.45) is 0 Å². The quantitative estimate of drug-likeness (QED) is 0.330. The van der Waals surface area contributed by atoms with Crippen LogP contribution in [0.15, 0.2) is 72.9 Å². The third-order valence-corrected chi connectivity index (χ3v) is 5.77. The van der Waals surface area contributed by atoms with Gasteiger partial charge in [-0.2, -0.15) is 0 Å². The van der Waals surface area contributed by atoms with Gasteiger partial charge in [0.15, 0.2) is 0 Å². The van der Waals surface area contributed by atoms with Crippen LogP contribution in [0.5, 0.6) is 0 Å². The maximum absolute atomic E-state index is 13.2. The van der Waals surface area contributed by atoms with E-state index in [1.165, 1.54) is 24.3 Å². The van der Waals surface area contributed by atoms with Gasteiger partial charge in [-0.1, -0.05) is 47.5 Å². The molecule has 1 unspecified atom stereocenters. The molecule has 0 fully saturated rings. The third-order valence-electron chi connectivity index (χ3n) is 5.18. The largest absolute Gasteiger partial charge is 0.459 e. The molecule has 8 heteroatoms. The van der Waals surface area contributed by atoms with Gasteiger partial charge in [-0.05, 0) is 48.0 Å². The van der Waals surface area contributed by atoms with E-state index in [9.17, 15) is 14.0 Å². The molecule has 1 amide bonds. The van der Waals surface area contributed by atoms with Crippen LogP contribution in [0, 0.1) is 5.82 Å². The van der Waals surface area contributed by atoms with E-state index in [4.69, 9.17) is 27.9 Å². The molecule has 2 N–H and O–H groups in total. The molecule has 3 aromatic carbocycles. The Morgan fingerprint density at radius 3 is 2.52 bits per heavy atom. The zero-order chi connectivity index (χ0) is 23.4. The zero-order valence-electron chi connectivity index (χ0n) is 17.3. The van der Waals surface area contributed by atoms with Gasteiger partial charge in [0.1, 0.15) is 18.5 Å². The lowest BCUT2D eigenvalue weighted by Gasteiger charge is -2.18. The molecule has 0 saturated heterocycles. The third kappa shape index (κ3) is 5.53. The van der Waals surface area contributed by atoms with Gasteiger partial charge < -0.3 is 15.0 Å². The van der Waals surface area contributed by atoms with E-state index in [0.29, 0.717) is 15.6 Å². The number of ether oxygens (including phenoxy) is 1. The summed E-state index contributed by atoms with van der Waals surface area (Å²) in [5.74, 6) is -1.59. The van der Waals surface area contributed by atoms with Crippen molar-refractivity contribution in [1.82, 2.24) is 10.3 Å². The molecule has 0 aliphatic heterocycles. The maximum Gasteiger partial charge on any atom is 0.329 e. The lowest BCUT2D eigenvalue weighted by Crippen LogP contribution is -2.43. The molecule has 1 atom stereocenters. The summed E-state index contributed by atoms with van der Waals surface area (Å²) in [5.41, 5.74) is 2.58. The van der Waals surface area contributed by atoms with Gasteiger partial charge in [-0.15, -0.1) is 0 Å². The van der Waals surface area contributed by atoms with E-state index in [1.54, 1.807) is 24.4 Å². The van der Waals surface area contributed by atoms with Crippen LogP contribution in [0.1, 0.15) is 21.5 Å². The molecule has 5 nitrogen and oxygen atoms in total. The predicted octanol–water partition coefficient (Wildman–Crippen LogP) is 5.70. The summed E-state index contributed by atoms with van der Waals surface area (Å²) in [5, 5.41) is 4.49. The molecule has 0 aliphatic carbocycles. The van der Waals surface area contributed by atoms with E-state index in [-0.39, 0.29) is 18.6 Å². The molecule has 1 aromatic heterocycles. The molecule has 0 spiro atoms. The van der Waals surface area contributed by atoms with E-state index in [2.05, 4.69) is 10.3 Å². The first-order valence-electron chi connectivity index (χ1n) is 10.1. The highest BCUT2D eigenvalue weighted by atomic mass is 35.5. The Bertz CT molecular complexity index is 1300. The van der Waals surface area contributed by atoms with Gasteiger partial charge in [0.2, 0.25) is 0 Å². The fourth-order valence-corrected chi connectivity index (χ4v) is 3.91. The van der Waals surface area contributed by atoms with Crippen molar-refractivity contribution in [3.05, 3.63) is 105 Å². The van der Waals surface area contributed by atoms with Gasteiger partial charge in [0, 0.05) is 44.7 Å². The fraction of sp³-hybridized carbons (Fsp3) is 0.120. The molecule has 1 heterocycles. The van der Waals surface area contributed by atoms with Crippen molar-refractivity contribution in [2.45, 2.75) is 19.1 Å². The summed E-state index contributed by atoms with van der Waals surface area (Å²) in [7, 11) is 0. The van der Waals surface area contributed by atoms with Gasteiger partial charge in [-0.3, -0.25) is 4.79 Å². The van der Waals surface area contributed by atoms with E-state index < -0.39 is 23.7 Å². The maximum atomic E-state index is 13.2. The van der Waals surface area contributed by atoms with Crippen molar-refractivity contribution in [1.29, 1.82) is 0 Å². The summed E-state index contributed by atoms with van der Waals surface area (Å²) in [6, 6.07) is 16.6. The Hall–Kier alpha value is -3.35. The predicted molar refractivity (Wildman–Crippen MR) is 126 cm³/mol. The molecular formula is C25H19Cl2FN2O3. The van der Waals surface area contributed by atoms with Crippen LogP contribution in [0.2, 0.25) is 10.0 Å². The number of H-pyrrole nitrogens is 1. The van der Waals surface area contributed by atoms with Crippen LogP contribution >= 0.6 is 23.2 Å². The minimum absolute atomic E-state index is 0.0777. The molecule has 0 bridgehead atoms. The zero-order valence-corrected chi connectivity index (χ0v) is 18.8. The first-order chi connectivity index (χ1) is 15.9. The van der Waals surface area contributed by atoms with Crippen molar-refractivity contribution in [3.8, 4) is 0 Å². The highest BCUT2D eigenvalue weighted by Gasteiger charge is 2.25. The number of benzene rings is 3. The molecule has 168 valence electrons. The standard InChI is InChI=1S/C25H19Cl2FN2O3/c26-18-8-5-16(21(27)12-18)14-33-25(32)23(30-24(31)15-6-9-19(28)10-7-15)11-17-13-29-22-4-2-1-3-20(17)22/h1-10,12-13,23,29H,11,14H2,(H,30,31). The Balaban J connectivity index is 1.54. The Morgan fingerprint density at radius 1 is 1.00 bits per heavy atom. The number of aromatic nitrogens is 1. The monoisotopic (exact) mass is 484 g/mol. The molecule has 4 aromatic rings. The molecule has 0 radical (unpaired) electrons. The van der Waals surface area contributed by atoms with Gasteiger partial charge in [0.25, 0.3) is 5.91 Å². The highest BCUT2D eigenvalue weighted by Crippen LogP contribution is 2.23. The average molecular weight is 485 g/mol. The van der Waals surface area contributed by atoms with Gasteiger partial charge >= 0.3 is 5.97 Å². The number of carbonyl (C=O) groups excluding carboxylic acids is 2. The summed E-state index contributed by atoms with van der Waals surface area (Å²) in [4.78, 5) is 28.9. The number of para-hydroxylation sites is 1. The Morgan fingerprint density at radius 2 is 1.76 bits per heavy atom. The van der Waals surface area contributed by atoms with Crippen molar-refractivity contribution < 1.29 is 18.7 Å². The minimum atomic E-state index is -0.979. The normalized spacial score (nSPS) is 11.8. The molecule has 0 saturated carbocycles. The first kappa shape index (κ1) is 22.8. The number of amides is 1. The van der Waals surface area contributed by atoms with Crippen LogP contribution in [0.25, 0.3) is 10.9 Å². The number of esters is 1. The molecular weight excluding hydrogens is 466 g/mol. The summed E-state index contributed by atoms with van der Waals surface area (Å²) in [6.07, 6.45) is 2.00. The minimum Gasteiger partial charge on any atom is -0.459 e. The van der Waals surface area contributed by atoms with Crippen LogP contribution < -0.4 is 5.32 Å². The summed E-state index contributed by atoms with van der Waals surface area (Å²) in [6.45, 7) is -0.0777. The number of nitrogens with one attached hydrogen (secondary N) is 2. The average Bonchev–Trinajstić information content (AvgIpc) is 3.21. The molecule has 4 rings (SSSR count). The lowest BCUT2D eigenvalue weighted by molar-refractivity contribution is -0.147. The highest BCUT2D eigenvalue weighted by molar-refractivity contribution is 6.35. The molecule has 33 heavy (non-hydrogen) atoms. The van der Waals surface area contributed by atoms with Crippen molar-refractivity contribution >= 4 is 46.0 Å². The fourth-order valence-electron chi connectivity index (χ4n) is 3.44. The topological polar surface area (TPSA) is 71.2 Å². The number of rotatable bonds is 7. The lowest BCUT2D eigenvalue weighted by atomic mass is 10.0. The second-order valence-electron chi connectivity index (χ2n) is 7.44. The smallest absolute Gasteiger partial charge is 0.329 e. The summed E-state index contributed by atoms with van der Waals surface area (Å²) < 4.78 is 18.7. The first-order valence-corrected chi connectivity index (χ1v) is 10.9. The second kappa shape index (κ2) is 10.1. The second-order valence-corrected chi connectivity index (χ2v) is 8.28. The van der Waals surface area contributed by atoms with E-state index in [1.807, 2.05) is 24.3 Å². The number of aromatic amines is 1. The van der Waals surface area contributed by atoms with Gasteiger partial charge in [-0.25, -0.2) is 9.18 Å². The molecule has 0 aliphatic rings. The van der Waals surface area contributed by atoms with Crippen LogP contribution in [0.3, 0.4) is 0 Å². The number of halogens is 3. The van der Waals surface area contributed by atoms with Crippen LogP contribution in [0.4, 0.5) is 4.39 Å². The summed E-state index contributed by atoms with van der Waals surface area (Å²) >= 11 is 12.1. The number of fused-ring (bicyclic) bond motifs is 1. The Labute approximate surface area is 199 Å². The van der Waals surface area contributed by atoms with Crippen molar-refractivity contribution in [2.75, 3.05) is 0 Å². The van der Waals surface area contributed by atoms with Crippen LogP contribution in [-0.2, 0) is 22.6 Å². The number of carbonyl (C=O) groups is 2. The number of hydrogen-bond acceptors (Lipinski definition) is 3. The Kier molecular flexibility index (Phi) is 6.96. The number of hydrogen-bond donors (Lipinski definition) is 2. The van der Waals surface area contributed by atoms with Crippen molar-refractivity contribution in [3.63, 3.8) is 0 Å².